The molecule has 0 saturated carbocycles. The highest BCUT2D eigenvalue weighted by molar-refractivity contribution is 5.95. The van der Waals surface area contributed by atoms with E-state index >= 15 is 0 Å². The number of rotatable bonds is 19. The Balaban J connectivity index is 1.26. The number of nitrogens with one attached hydrogen (secondary N) is 2. The number of ether oxygens (including phenoxy) is 2. The highest BCUT2D eigenvalue weighted by Gasteiger charge is 2.30. The van der Waals surface area contributed by atoms with Gasteiger partial charge in [0, 0.05) is 32.5 Å². The number of nitrogens with zero attached hydrogens (tertiary/aromatic N) is 2. The maximum Gasteiger partial charge on any atom is 0.410 e. The predicted octanol–water partition coefficient (Wildman–Crippen LogP) is 3.89. The van der Waals surface area contributed by atoms with Crippen LogP contribution < -0.4 is 16.4 Å². The molecule has 4 rings (SSSR count). The van der Waals surface area contributed by atoms with Crippen LogP contribution in [0.3, 0.4) is 0 Å². The highest BCUT2D eigenvalue weighted by atomic mass is 16.6. The lowest BCUT2D eigenvalue weighted by atomic mass is 9.91. The van der Waals surface area contributed by atoms with E-state index in [9.17, 15) is 28.8 Å². The molecular weight excluding hydrogens is 690 g/mol. The Bertz CT molecular complexity index is 1670. The smallest absolute Gasteiger partial charge is 0.410 e. The number of hydrogen-bond donors (Lipinski definition) is 3. The molecule has 54 heavy (non-hydrogen) atoms. The third-order valence-corrected chi connectivity index (χ3v) is 9.36. The second-order valence-corrected chi connectivity index (χ2v) is 13.4. The summed E-state index contributed by atoms with van der Waals surface area (Å²) in [6.07, 6.45) is 2.56. The lowest BCUT2D eigenvalue weighted by Crippen LogP contribution is -2.55. The van der Waals surface area contributed by atoms with Gasteiger partial charge in [-0.3, -0.25) is 24.0 Å². The van der Waals surface area contributed by atoms with Crippen LogP contribution in [0.15, 0.2) is 91.0 Å². The Morgan fingerprint density at radius 2 is 1.33 bits per heavy atom. The molecular formula is C41H51N5O8. The first-order chi connectivity index (χ1) is 26.1. The average molecular weight is 742 g/mol. The normalized spacial score (nSPS) is 13.9. The van der Waals surface area contributed by atoms with Gasteiger partial charge in [0.15, 0.2) is 0 Å². The molecule has 13 heteroatoms. The third kappa shape index (κ3) is 14.0. The number of piperidine rings is 1. The zero-order chi connectivity index (χ0) is 38.7. The van der Waals surface area contributed by atoms with Gasteiger partial charge in [0.2, 0.25) is 23.6 Å². The van der Waals surface area contributed by atoms with Gasteiger partial charge in [-0.2, -0.15) is 0 Å². The van der Waals surface area contributed by atoms with Crippen LogP contribution in [0.1, 0.15) is 62.1 Å². The van der Waals surface area contributed by atoms with Gasteiger partial charge in [-0.25, -0.2) is 4.79 Å². The van der Waals surface area contributed by atoms with Crippen LogP contribution in [0.2, 0.25) is 0 Å². The van der Waals surface area contributed by atoms with Crippen molar-refractivity contribution in [2.75, 3.05) is 26.2 Å². The van der Waals surface area contributed by atoms with Crippen molar-refractivity contribution < 1.29 is 38.2 Å². The second kappa shape index (κ2) is 21.7. The fourth-order valence-electron chi connectivity index (χ4n) is 6.22. The summed E-state index contributed by atoms with van der Waals surface area (Å²) in [6.45, 7) is 3.07. The second-order valence-electron chi connectivity index (χ2n) is 13.4. The molecule has 5 amide bonds. The number of likely N-dealkylation sites (N-methyl/N-ethyl adjacent to an activating group) is 1. The lowest BCUT2D eigenvalue weighted by Gasteiger charge is -2.31. The van der Waals surface area contributed by atoms with Crippen LogP contribution in [0.4, 0.5) is 4.79 Å². The van der Waals surface area contributed by atoms with Crippen LogP contribution in [-0.4, -0.2) is 83.8 Å². The minimum atomic E-state index is -1.39. The van der Waals surface area contributed by atoms with Crippen LogP contribution in [-0.2, 0) is 53.1 Å². The molecule has 0 bridgehead atoms. The van der Waals surface area contributed by atoms with E-state index in [0.717, 1.165) is 36.0 Å². The molecule has 288 valence electrons. The molecule has 1 heterocycles. The first kappa shape index (κ1) is 41.0. The van der Waals surface area contributed by atoms with Gasteiger partial charge in [-0.05, 0) is 55.2 Å². The Morgan fingerprint density at radius 3 is 1.89 bits per heavy atom. The maximum atomic E-state index is 13.5. The zero-order valence-electron chi connectivity index (χ0n) is 30.8. The molecule has 3 aromatic carbocycles. The molecule has 3 aromatic rings. The van der Waals surface area contributed by atoms with Gasteiger partial charge in [0.05, 0.1) is 13.0 Å². The van der Waals surface area contributed by atoms with Crippen LogP contribution in [0.25, 0.3) is 0 Å². The largest absolute Gasteiger partial charge is 0.461 e. The van der Waals surface area contributed by atoms with E-state index in [4.69, 9.17) is 15.2 Å². The number of benzene rings is 3. The Labute approximate surface area is 316 Å². The van der Waals surface area contributed by atoms with E-state index in [1.165, 1.54) is 4.90 Å². The molecule has 0 aromatic heterocycles. The Kier molecular flexibility index (Phi) is 16.5. The van der Waals surface area contributed by atoms with Gasteiger partial charge in [0.1, 0.15) is 25.3 Å². The number of esters is 1. The molecule has 0 unspecified atom stereocenters. The van der Waals surface area contributed by atoms with Gasteiger partial charge in [-0.15, -0.1) is 0 Å². The topological polar surface area (TPSA) is 177 Å². The Hall–Kier alpha value is -5.72. The van der Waals surface area contributed by atoms with Gasteiger partial charge >= 0.3 is 12.1 Å². The predicted molar refractivity (Wildman–Crippen MR) is 201 cm³/mol. The summed E-state index contributed by atoms with van der Waals surface area (Å²) in [4.78, 5) is 80.7. The van der Waals surface area contributed by atoms with E-state index < -0.39 is 42.2 Å². The van der Waals surface area contributed by atoms with Gasteiger partial charge in [-0.1, -0.05) is 91.0 Å². The number of likely N-dealkylation sites (tertiary alicyclic amines) is 1. The standard InChI is InChI=1S/C41H51N5O8/c1-2-45(37(48)20-12-19-30-21-23-46(24-22-30)41(52)54-29-33-17-10-5-11-18-33)27-36(47)43-35(26-38(49)53-28-32-15-8-4-9-16-32)40(51)44-34(39(42)50)25-31-13-6-3-7-14-31/h3-11,13-18,30,34-35H,2,12,19-29H2,1H3,(H2,42,50)(H,43,47)(H,44,51)/t34-,35-/m0/s1. The molecule has 2 atom stereocenters. The first-order valence-electron chi connectivity index (χ1n) is 18.5. The van der Waals surface area contributed by atoms with E-state index in [1.807, 2.05) is 42.5 Å². The van der Waals surface area contributed by atoms with Crippen molar-refractivity contribution in [3.05, 3.63) is 108 Å². The van der Waals surface area contributed by atoms with Crippen LogP contribution in [0.5, 0.6) is 0 Å². The molecule has 0 spiro atoms. The fourth-order valence-corrected chi connectivity index (χ4v) is 6.22. The molecule has 1 aliphatic rings. The van der Waals surface area contributed by atoms with E-state index in [0.29, 0.717) is 25.4 Å². The number of carbonyl (C=O) groups excluding carboxylic acids is 6. The number of hydrogen-bond acceptors (Lipinski definition) is 8. The molecule has 1 saturated heterocycles. The summed E-state index contributed by atoms with van der Waals surface area (Å²) in [5, 5.41) is 5.15. The highest BCUT2D eigenvalue weighted by Crippen LogP contribution is 2.23. The zero-order valence-corrected chi connectivity index (χ0v) is 30.8. The molecule has 13 nitrogen and oxygen atoms in total. The molecule has 4 N–H and O–H groups in total. The van der Waals surface area contributed by atoms with Crippen molar-refractivity contribution in [1.82, 2.24) is 20.4 Å². The first-order valence-corrected chi connectivity index (χ1v) is 18.5. The summed E-state index contributed by atoms with van der Waals surface area (Å²) in [5.74, 6) is -2.80. The monoisotopic (exact) mass is 741 g/mol. The number of carbonyl (C=O) groups is 6. The molecule has 1 fully saturated rings. The van der Waals surface area contributed by atoms with E-state index in [2.05, 4.69) is 10.6 Å². The average Bonchev–Trinajstić information content (AvgIpc) is 3.19. The minimum absolute atomic E-state index is 0.0294. The van der Waals surface area contributed by atoms with E-state index in [1.54, 1.807) is 60.4 Å². The van der Waals surface area contributed by atoms with Gasteiger partial charge in [0.25, 0.3) is 0 Å². The van der Waals surface area contributed by atoms with Crippen molar-refractivity contribution in [2.45, 2.75) is 77.2 Å². The summed E-state index contributed by atoms with van der Waals surface area (Å²) in [6, 6.07) is 25.0. The fraction of sp³-hybridized carbons (Fsp3) is 0.415. The summed E-state index contributed by atoms with van der Waals surface area (Å²) in [7, 11) is 0. The van der Waals surface area contributed by atoms with Crippen molar-refractivity contribution in [1.29, 1.82) is 0 Å². The van der Waals surface area contributed by atoms with Gasteiger partial charge < -0.3 is 35.6 Å². The molecule has 1 aliphatic heterocycles. The summed E-state index contributed by atoms with van der Waals surface area (Å²) < 4.78 is 10.8. The third-order valence-electron chi connectivity index (χ3n) is 9.36. The van der Waals surface area contributed by atoms with Crippen LogP contribution >= 0.6 is 0 Å². The molecule has 0 aliphatic carbocycles. The van der Waals surface area contributed by atoms with E-state index in [-0.39, 0.29) is 51.1 Å². The number of primary amides is 1. The maximum absolute atomic E-state index is 13.5. The van der Waals surface area contributed by atoms with Crippen molar-refractivity contribution >= 4 is 35.7 Å². The van der Waals surface area contributed by atoms with Crippen molar-refractivity contribution in [2.24, 2.45) is 11.7 Å². The quantitative estimate of drug-likeness (QED) is 0.155. The molecule has 0 radical (unpaired) electrons. The lowest BCUT2D eigenvalue weighted by molar-refractivity contribution is -0.147. The Morgan fingerprint density at radius 1 is 0.778 bits per heavy atom. The minimum Gasteiger partial charge on any atom is -0.461 e. The summed E-state index contributed by atoms with van der Waals surface area (Å²) >= 11 is 0. The van der Waals surface area contributed by atoms with Crippen molar-refractivity contribution in [3.63, 3.8) is 0 Å². The number of amides is 5. The number of nitrogens with two attached hydrogens (primary N) is 1. The van der Waals surface area contributed by atoms with Crippen LogP contribution in [0, 0.1) is 5.92 Å². The van der Waals surface area contributed by atoms with Crippen molar-refractivity contribution in [3.8, 4) is 0 Å². The summed E-state index contributed by atoms with van der Waals surface area (Å²) in [5.41, 5.74) is 8.03. The SMILES string of the molecule is CCN(CC(=O)N[C@@H](CC(=O)OCc1ccccc1)C(=O)N[C@@H](Cc1ccccc1)C(N)=O)C(=O)CCCC1CCN(C(=O)OCc2ccccc2)CC1.